The van der Waals surface area contributed by atoms with Crippen LogP contribution in [0.1, 0.15) is 77.6 Å². The molecule has 84 heavy (non-hydrogen) atoms. The zero-order chi connectivity index (χ0) is 58.2. The Hall–Kier alpha value is -8.05. The molecule has 1 aliphatic heterocycles. The summed E-state index contributed by atoms with van der Waals surface area (Å²) in [5.74, 6) is 1.20. The fourth-order valence-corrected chi connectivity index (χ4v) is 8.99. The Morgan fingerprint density at radius 1 is 0.452 bits per heavy atom. The number of hydrogen-bond donors (Lipinski definition) is 0. The van der Waals surface area contributed by atoms with Gasteiger partial charge in [-0.05, 0) is 151 Å². The van der Waals surface area contributed by atoms with Crippen molar-refractivity contribution in [2.75, 3.05) is 20.2 Å². The normalized spacial score (nSPS) is 12.8. The van der Waals surface area contributed by atoms with Crippen LogP contribution >= 0.6 is 11.8 Å². The van der Waals surface area contributed by atoms with E-state index < -0.39 is 5.60 Å². The predicted molar refractivity (Wildman–Crippen MR) is 341 cm³/mol. The number of carbonyl (C=O) groups is 4. The molecule has 1 heterocycles. The molecule has 1 aliphatic rings. The Bertz CT molecular complexity index is 3010. The van der Waals surface area contributed by atoms with Gasteiger partial charge in [0, 0.05) is 69.6 Å². The second kappa shape index (κ2) is 37.9. The Balaban J connectivity index is 0.000000243. The van der Waals surface area contributed by atoms with Crippen molar-refractivity contribution in [3.63, 3.8) is 0 Å². The van der Waals surface area contributed by atoms with E-state index in [1.54, 1.807) is 55.3 Å². The number of amides is 1. The van der Waals surface area contributed by atoms with E-state index in [4.69, 9.17) is 9.47 Å². The first-order valence-electron chi connectivity index (χ1n) is 27.2. The van der Waals surface area contributed by atoms with Crippen molar-refractivity contribution in [1.82, 2.24) is 4.90 Å². The molecule has 1 saturated heterocycles. The number of benzene rings is 8. The number of ketones is 3. The molecule has 8 aromatic carbocycles. The predicted octanol–water partition coefficient (Wildman–Crippen LogP) is 17.8. The molecule has 0 N–H and O–H groups in total. The number of ether oxygens (including phenoxy) is 2. The summed E-state index contributed by atoms with van der Waals surface area (Å²) >= 11 is 1.74. The van der Waals surface area contributed by atoms with Crippen LogP contribution in [0.15, 0.2) is 271 Å². The molecule has 0 aromatic heterocycles. The summed E-state index contributed by atoms with van der Waals surface area (Å²) < 4.78 is 10.7. The SMILES string of the molecule is COc1ccc(Sc2ccc(C3CCN(C(=O)OC(C)(C)C)C3)c(C)c2)cc1.O=C(C=Cc1ccccc1)C=Cc1ccccc1.O=C(C=Cc1ccccc1)C=Cc1ccccc1.O=C(C=Cc1ccccc1)C=Cc1ccccc1.[Pd].[Pd]. The number of hydrogen-bond acceptors (Lipinski definition) is 7. The number of nitrogens with zero attached hydrogens (tertiary/aromatic N) is 1. The van der Waals surface area contributed by atoms with Gasteiger partial charge in [-0.2, -0.15) is 0 Å². The van der Waals surface area contributed by atoms with Crippen molar-refractivity contribution in [2.45, 2.75) is 55.4 Å². The van der Waals surface area contributed by atoms with Gasteiger partial charge in [-0.25, -0.2) is 4.79 Å². The summed E-state index contributed by atoms with van der Waals surface area (Å²) in [6.07, 6.45) is 21.1. The molecular weight excluding hydrogens is 1240 g/mol. The molecule has 0 aliphatic carbocycles. The standard InChI is InChI=1S/C23H29NO3S.3C17H14O.2Pd/c1-16-14-20(28-19-8-6-18(26-5)7-9-19)10-11-21(16)17-12-13-24(15-17)22(25)27-23(2,3)4;3*18-17(13-11-15-7-3-1-4-8-15)14-12-16-9-5-2-6-10-16;;/h6-11,14,17H,12-13,15H2,1-5H3;3*1-14H;;. The maximum atomic E-state index is 12.3. The van der Waals surface area contributed by atoms with Gasteiger partial charge in [-0.1, -0.05) is 236 Å². The van der Waals surface area contributed by atoms with Crippen LogP contribution in [-0.4, -0.2) is 54.1 Å². The van der Waals surface area contributed by atoms with Gasteiger partial charge in [-0.15, -0.1) is 0 Å². The van der Waals surface area contributed by atoms with Crippen molar-refractivity contribution in [3.05, 3.63) is 305 Å². The second-order valence-electron chi connectivity index (χ2n) is 19.9. The van der Waals surface area contributed by atoms with E-state index in [0.717, 1.165) is 58.6 Å². The molecule has 7 nitrogen and oxygen atoms in total. The average molecular weight is 1320 g/mol. The first-order valence-corrected chi connectivity index (χ1v) is 28.0. The van der Waals surface area contributed by atoms with Crippen LogP contribution in [0.25, 0.3) is 36.5 Å². The zero-order valence-electron chi connectivity index (χ0n) is 47.9. The van der Waals surface area contributed by atoms with Gasteiger partial charge in [0.1, 0.15) is 11.4 Å². The third kappa shape index (κ3) is 26.9. The first kappa shape index (κ1) is 68.5. The molecule has 0 bridgehead atoms. The Morgan fingerprint density at radius 2 is 0.762 bits per heavy atom. The van der Waals surface area contributed by atoms with E-state index in [1.165, 1.54) is 20.9 Å². The van der Waals surface area contributed by atoms with Gasteiger partial charge in [0.15, 0.2) is 17.3 Å². The van der Waals surface area contributed by atoms with Crippen LogP contribution in [0.5, 0.6) is 5.75 Å². The quantitative estimate of drug-likeness (QED) is 0.0703. The van der Waals surface area contributed by atoms with Gasteiger partial charge in [0.2, 0.25) is 0 Å². The van der Waals surface area contributed by atoms with E-state index in [1.807, 2.05) is 256 Å². The molecule has 10 heteroatoms. The van der Waals surface area contributed by atoms with Crippen molar-refractivity contribution in [1.29, 1.82) is 0 Å². The third-order valence-electron chi connectivity index (χ3n) is 12.3. The summed E-state index contributed by atoms with van der Waals surface area (Å²) in [4.78, 5) is 51.4. The van der Waals surface area contributed by atoms with Crippen molar-refractivity contribution in [2.24, 2.45) is 0 Å². The number of likely N-dealkylation sites (tertiary alicyclic amines) is 1. The van der Waals surface area contributed by atoms with E-state index in [-0.39, 0.29) is 64.3 Å². The van der Waals surface area contributed by atoms with Crippen molar-refractivity contribution in [3.8, 4) is 5.75 Å². The van der Waals surface area contributed by atoms with E-state index >= 15 is 0 Å². The van der Waals surface area contributed by atoms with Gasteiger partial charge in [0.25, 0.3) is 0 Å². The monoisotopic (exact) mass is 1310 g/mol. The van der Waals surface area contributed by atoms with E-state index in [2.05, 4.69) is 37.3 Å². The van der Waals surface area contributed by atoms with Crippen LogP contribution in [0, 0.1) is 6.92 Å². The number of rotatable bonds is 16. The minimum absolute atomic E-state index is 0. The fraction of sp³-hybridized carbons (Fsp3) is 0.135. The van der Waals surface area contributed by atoms with Crippen LogP contribution in [-0.2, 0) is 60.0 Å². The van der Waals surface area contributed by atoms with Crippen LogP contribution in [0.4, 0.5) is 4.79 Å². The largest absolute Gasteiger partial charge is 0.497 e. The Labute approximate surface area is 529 Å². The van der Waals surface area contributed by atoms with Crippen LogP contribution < -0.4 is 4.74 Å². The topological polar surface area (TPSA) is 90.0 Å². The first-order chi connectivity index (χ1) is 39.8. The molecule has 1 atom stereocenters. The summed E-state index contributed by atoms with van der Waals surface area (Å²) in [5, 5.41) is 0. The maximum absolute atomic E-state index is 12.3. The molecule has 1 fully saturated rings. The third-order valence-corrected chi connectivity index (χ3v) is 13.3. The number of aryl methyl sites for hydroxylation is 1. The van der Waals surface area contributed by atoms with Gasteiger partial charge in [0.05, 0.1) is 7.11 Å². The maximum Gasteiger partial charge on any atom is 0.410 e. The molecule has 0 saturated carbocycles. The Morgan fingerprint density at radius 3 is 1.05 bits per heavy atom. The minimum Gasteiger partial charge on any atom is -0.497 e. The minimum atomic E-state index is -0.453. The molecule has 1 amide bonds. The molecule has 1 unspecified atom stereocenters. The summed E-state index contributed by atoms with van der Waals surface area (Å²) in [6, 6.07) is 73.4. The van der Waals surface area contributed by atoms with Gasteiger partial charge < -0.3 is 14.4 Å². The summed E-state index contributed by atoms with van der Waals surface area (Å²) in [6.45, 7) is 9.34. The molecule has 0 radical (unpaired) electrons. The van der Waals surface area contributed by atoms with Crippen LogP contribution in [0.2, 0.25) is 0 Å². The smallest absolute Gasteiger partial charge is 0.410 e. The summed E-state index contributed by atoms with van der Waals surface area (Å²) in [7, 11) is 1.68. The number of allylic oxidation sites excluding steroid dienone is 6. The molecule has 8 aromatic rings. The fourth-order valence-electron chi connectivity index (χ4n) is 8.08. The molecule has 9 rings (SSSR count). The van der Waals surface area contributed by atoms with Crippen molar-refractivity contribution >= 4 is 71.7 Å². The molecule has 0 spiro atoms. The zero-order valence-corrected chi connectivity index (χ0v) is 51.9. The molecular formula is C74H71NO6Pd2S. The summed E-state index contributed by atoms with van der Waals surface area (Å²) in [5.41, 5.74) is 8.30. The van der Waals surface area contributed by atoms with Crippen LogP contribution in [0.3, 0.4) is 0 Å². The second-order valence-corrected chi connectivity index (χ2v) is 21.0. The van der Waals surface area contributed by atoms with Gasteiger partial charge in [-0.3, -0.25) is 14.4 Å². The van der Waals surface area contributed by atoms with E-state index in [0.29, 0.717) is 5.92 Å². The van der Waals surface area contributed by atoms with E-state index in [9.17, 15) is 19.2 Å². The molecule has 434 valence electrons. The Kier molecular flexibility index (Phi) is 30.9. The average Bonchev–Trinajstić information content (AvgIpc) is 4.03. The van der Waals surface area contributed by atoms with Gasteiger partial charge >= 0.3 is 6.09 Å². The van der Waals surface area contributed by atoms with Crippen molar-refractivity contribution < 1.29 is 69.5 Å². The number of methoxy groups -OCH3 is 1. The number of carbonyl (C=O) groups excluding carboxylic acids is 4.